The van der Waals surface area contributed by atoms with Gasteiger partial charge in [-0.15, -0.1) is 0 Å². The topological polar surface area (TPSA) is 47.0 Å². The van der Waals surface area contributed by atoms with Crippen LogP contribution in [0.15, 0.2) is 0 Å². The second-order valence-electron chi connectivity index (χ2n) is 6.82. The third-order valence-electron chi connectivity index (χ3n) is 5.39. The number of aromatic nitrogens is 2. The van der Waals surface area contributed by atoms with Crippen molar-refractivity contribution < 1.29 is 4.74 Å². The van der Waals surface area contributed by atoms with E-state index >= 15 is 0 Å². The highest BCUT2D eigenvalue weighted by Gasteiger charge is 2.39. The lowest BCUT2D eigenvalue weighted by Gasteiger charge is -2.35. The maximum Gasteiger partial charge on any atom is 0.160 e. The molecule has 21 heavy (non-hydrogen) atoms. The van der Waals surface area contributed by atoms with Crippen LogP contribution in [-0.4, -0.2) is 23.6 Å². The van der Waals surface area contributed by atoms with Crippen molar-refractivity contribution in [3.63, 3.8) is 0 Å². The van der Waals surface area contributed by atoms with Crippen LogP contribution in [0.3, 0.4) is 0 Å². The lowest BCUT2D eigenvalue weighted by Crippen LogP contribution is -2.36. The van der Waals surface area contributed by atoms with Crippen LogP contribution >= 0.6 is 0 Å². The number of nitrogens with zero attached hydrogens (tertiary/aromatic N) is 2. The summed E-state index contributed by atoms with van der Waals surface area (Å²) in [6.45, 7) is 1.98. The number of hydrogen-bond donors (Lipinski definition) is 1. The normalized spacial score (nSPS) is 24.6. The van der Waals surface area contributed by atoms with Crippen LogP contribution in [0.5, 0.6) is 0 Å². The molecule has 0 bridgehead atoms. The molecule has 0 radical (unpaired) electrons. The molecule has 0 spiro atoms. The highest BCUT2D eigenvalue weighted by Crippen LogP contribution is 2.44. The molecule has 0 unspecified atom stereocenters. The molecule has 3 aliphatic rings. The molecule has 2 aliphatic carbocycles. The van der Waals surface area contributed by atoms with Gasteiger partial charge < -0.3 is 10.1 Å². The summed E-state index contributed by atoms with van der Waals surface area (Å²) < 4.78 is 5.97. The summed E-state index contributed by atoms with van der Waals surface area (Å²) in [7, 11) is 1.84. The first-order valence-corrected chi connectivity index (χ1v) is 8.48. The Balaban J connectivity index is 1.79. The zero-order valence-corrected chi connectivity index (χ0v) is 13.0. The Morgan fingerprint density at radius 1 is 1.14 bits per heavy atom. The van der Waals surface area contributed by atoms with Crippen molar-refractivity contribution in [3.05, 3.63) is 22.8 Å². The highest BCUT2D eigenvalue weighted by atomic mass is 16.5. The third-order valence-corrected chi connectivity index (χ3v) is 5.39. The smallest absolute Gasteiger partial charge is 0.160 e. The van der Waals surface area contributed by atoms with E-state index in [1.165, 1.54) is 49.1 Å². The first-order chi connectivity index (χ1) is 10.3. The fourth-order valence-electron chi connectivity index (χ4n) is 3.91. The van der Waals surface area contributed by atoms with Gasteiger partial charge in [0.1, 0.15) is 5.60 Å². The molecule has 4 heteroatoms. The van der Waals surface area contributed by atoms with E-state index in [1.807, 2.05) is 7.11 Å². The van der Waals surface area contributed by atoms with Gasteiger partial charge in [-0.05, 0) is 25.7 Å². The van der Waals surface area contributed by atoms with Crippen molar-refractivity contribution in [2.45, 2.75) is 69.4 Å². The van der Waals surface area contributed by atoms with Gasteiger partial charge in [0, 0.05) is 38.1 Å². The van der Waals surface area contributed by atoms with Crippen LogP contribution in [0.2, 0.25) is 0 Å². The van der Waals surface area contributed by atoms with Gasteiger partial charge in [0.2, 0.25) is 0 Å². The van der Waals surface area contributed by atoms with E-state index in [2.05, 4.69) is 5.32 Å². The van der Waals surface area contributed by atoms with Crippen LogP contribution in [-0.2, 0) is 23.3 Å². The molecule has 1 aromatic rings. The number of ether oxygens (including phenoxy) is 1. The largest absolute Gasteiger partial charge is 0.370 e. The molecule has 0 saturated heterocycles. The molecule has 0 amide bonds. The van der Waals surface area contributed by atoms with E-state index in [-0.39, 0.29) is 5.60 Å². The van der Waals surface area contributed by atoms with Crippen LogP contribution < -0.4 is 5.32 Å². The quantitative estimate of drug-likeness (QED) is 0.928. The van der Waals surface area contributed by atoms with Crippen LogP contribution in [0, 0.1) is 0 Å². The maximum absolute atomic E-state index is 5.97. The van der Waals surface area contributed by atoms with Crippen molar-refractivity contribution >= 4 is 0 Å². The Morgan fingerprint density at radius 3 is 2.67 bits per heavy atom. The van der Waals surface area contributed by atoms with Gasteiger partial charge in [0.05, 0.1) is 11.4 Å². The minimum Gasteiger partial charge on any atom is -0.370 e. The van der Waals surface area contributed by atoms with Crippen molar-refractivity contribution in [2.75, 3.05) is 13.7 Å². The summed E-state index contributed by atoms with van der Waals surface area (Å²) in [6.07, 6.45) is 9.55. The van der Waals surface area contributed by atoms with Gasteiger partial charge in [0.25, 0.3) is 0 Å². The van der Waals surface area contributed by atoms with E-state index in [1.54, 1.807) is 0 Å². The Morgan fingerprint density at radius 2 is 1.95 bits per heavy atom. The summed E-state index contributed by atoms with van der Waals surface area (Å²) in [5.74, 6) is 1.66. The van der Waals surface area contributed by atoms with E-state index < -0.39 is 0 Å². The van der Waals surface area contributed by atoms with Crippen molar-refractivity contribution in [3.8, 4) is 0 Å². The van der Waals surface area contributed by atoms with Crippen LogP contribution in [0.4, 0.5) is 0 Å². The minimum atomic E-state index is -0.220. The lowest BCUT2D eigenvalue weighted by atomic mass is 9.83. The van der Waals surface area contributed by atoms with Gasteiger partial charge in [-0.3, -0.25) is 0 Å². The number of fused-ring (bicyclic) bond motifs is 1. The third kappa shape index (κ3) is 2.38. The zero-order valence-electron chi connectivity index (χ0n) is 13.0. The molecule has 1 aliphatic heterocycles. The minimum absolute atomic E-state index is 0.220. The summed E-state index contributed by atoms with van der Waals surface area (Å²) in [6, 6.07) is 0. The second kappa shape index (κ2) is 5.33. The van der Waals surface area contributed by atoms with Crippen molar-refractivity contribution in [1.82, 2.24) is 15.3 Å². The highest BCUT2D eigenvalue weighted by molar-refractivity contribution is 5.34. The molecule has 4 nitrogen and oxygen atoms in total. The van der Waals surface area contributed by atoms with E-state index in [4.69, 9.17) is 14.7 Å². The van der Waals surface area contributed by atoms with Gasteiger partial charge >= 0.3 is 0 Å². The molecule has 0 atom stereocenters. The van der Waals surface area contributed by atoms with Crippen LogP contribution in [0.1, 0.15) is 73.6 Å². The predicted molar refractivity (Wildman–Crippen MR) is 81.2 cm³/mol. The van der Waals surface area contributed by atoms with Crippen molar-refractivity contribution in [2.24, 2.45) is 0 Å². The Bertz CT molecular complexity index is 533. The number of methoxy groups -OCH3 is 1. The summed E-state index contributed by atoms with van der Waals surface area (Å²) in [5.41, 5.74) is 3.77. The average molecular weight is 287 g/mol. The number of hydrogen-bond acceptors (Lipinski definition) is 4. The summed E-state index contributed by atoms with van der Waals surface area (Å²) >= 11 is 0. The molecular weight excluding hydrogens is 262 g/mol. The number of nitrogens with one attached hydrogen (secondary N) is 1. The first kappa shape index (κ1) is 13.6. The molecule has 1 aromatic heterocycles. The second-order valence-corrected chi connectivity index (χ2v) is 6.82. The molecule has 4 rings (SSSR count). The Hall–Kier alpha value is -1.00. The maximum atomic E-state index is 5.97. The zero-order chi connectivity index (χ0) is 14.3. The summed E-state index contributed by atoms with van der Waals surface area (Å²) in [4.78, 5) is 10.0. The molecule has 2 saturated carbocycles. The molecule has 2 heterocycles. The predicted octanol–water partition coefficient (Wildman–Crippen LogP) is 2.81. The van der Waals surface area contributed by atoms with E-state index in [0.717, 1.165) is 38.2 Å². The number of rotatable bonds is 3. The molecule has 0 aromatic carbocycles. The monoisotopic (exact) mass is 287 g/mol. The SMILES string of the molecule is COC1(c2nc3c(c(C4CC4)n2)CNCC3)CCCCC1. The standard InChI is InChI=1S/C17H25N3O/c1-21-17(8-3-2-4-9-17)16-19-14-7-10-18-11-13(14)15(20-16)12-5-6-12/h12,18H,2-11H2,1H3. The molecule has 114 valence electrons. The fourth-order valence-corrected chi connectivity index (χ4v) is 3.91. The molecule has 1 N–H and O–H groups in total. The Labute approximate surface area is 126 Å². The van der Waals surface area contributed by atoms with E-state index in [9.17, 15) is 0 Å². The van der Waals surface area contributed by atoms with Gasteiger partial charge in [-0.2, -0.15) is 0 Å². The molecule has 2 fully saturated rings. The van der Waals surface area contributed by atoms with Crippen molar-refractivity contribution in [1.29, 1.82) is 0 Å². The average Bonchev–Trinajstić information content (AvgIpc) is 3.39. The first-order valence-electron chi connectivity index (χ1n) is 8.48. The lowest BCUT2D eigenvalue weighted by molar-refractivity contribution is -0.0518. The van der Waals surface area contributed by atoms with Gasteiger partial charge in [-0.1, -0.05) is 19.3 Å². The van der Waals surface area contributed by atoms with Gasteiger partial charge in [0.15, 0.2) is 5.82 Å². The fraction of sp³-hybridized carbons (Fsp3) is 0.765. The molecular formula is C17H25N3O. The van der Waals surface area contributed by atoms with Gasteiger partial charge in [-0.25, -0.2) is 9.97 Å². The van der Waals surface area contributed by atoms with E-state index in [0.29, 0.717) is 5.92 Å². The Kier molecular flexibility index (Phi) is 3.46. The van der Waals surface area contributed by atoms with Crippen LogP contribution in [0.25, 0.3) is 0 Å². The summed E-state index contributed by atoms with van der Waals surface area (Å²) in [5, 5.41) is 3.48.